The fourth-order valence-electron chi connectivity index (χ4n) is 4.29. The van der Waals surface area contributed by atoms with Crippen molar-refractivity contribution in [2.75, 3.05) is 32.4 Å². The van der Waals surface area contributed by atoms with E-state index < -0.39 is 5.51 Å². The monoisotopic (exact) mass is 617 g/mol. The van der Waals surface area contributed by atoms with Crippen LogP contribution in [-0.4, -0.2) is 60.4 Å². The number of amides is 2. The van der Waals surface area contributed by atoms with E-state index in [1.165, 1.54) is 12.1 Å². The van der Waals surface area contributed by atoms with Crippen LogP contribution in [0, 0.1) is 11.7 Å². The summed E-state index contributed by atoms with van der Waals surface area (Å²) in [6, 6.07) is 12.9. The number of hydrogen-bond donors (Lipinski definition) is 1. The lowest BCUT2D eigenvalue weighted by Crippen LogP contribution is -2.49. The van der Waals surface area contributed by atoms with Gasteiger partial charge in [-0.05, 0) is 110 Å². The smallest absolute Gasteiger partial charge is 0.441 e. The first-order chi connectivity index (χ1) is 20.4. The van der Waals surface area contributed by atoms with Gasteiger partial charge in [-0.1, -0.05) is 13.0 Å². The fourth-order valence-corrected chi connectivity index (χ4v) is 4.72. The molecule has 1 fully saturated rings. The van der Waals surface area contributed by atoms with Crippen molar-refractivity contribution in [3.8, 4) is 11.5 Å². The van der Waals surface area contributed by atoms with Crippen molar-refractivity contribution >= 4 is 29.3 Å². The maximum Gasteiger partial charge on any atom is 0.441 e. The summed E-state index contributed by atoms with van der Waals surface area (Å²) in [4.78, 5) is 30.2. The van der Waals surface area contributed by atoms with Gasteiger partial charge < -0.3 is 15.0 Å². The highest BCUT2D eigenvalue weighted by Crippen LogP contribution is 2.29. The van der Waals surface area contributed by atoms with Crippen LogP contribution in [0.25, 0.3) is 0 Å². The van der Waals surface area contributed by atoms with E-state index in [-0.39, 0.29) is 41.7 Å². The zero-order valence-electron chi connectivity index (χ0n) is 24.5. The van der Waals surface area contributed by atoms with Crippen LogP contribution in [0.1, 0.15) is 37.6 Å². The molecule has 1 saturated heterocycles. The quantitative estimate of drug-likeness (QED) is 0.248. The predicted molar refractivity (Wildman–Crippen MR) is 163 cm³/mol. The van der Waals surface area contributed by atoms with Gasteiger partial charge in [-0.3, -0.25) is 14.6 Å². The lowest BCUT2D eigenvalue weighted by molar-refractivity contribution is -0.117. The van der Waals surface area contributed by atoms with Gasteiger partial charge in [-0.2, -0.15) is 13.2 Å². The Morgan fingerprint density at radius 2 is 1.67 bits per heavy atom. The minimum Gasteiger partial charge on any atom is -0.457 e. The molecule has 1 N–H and O–H groups in total. The standard InChI is InChI=1S/C18H18FNO2.C14H17F3N2OS/c1-2-13-11-20(12-13)18(21)14-3-7-16(8-4-14)22-17-9-5-15(19)6-10-17;1-4-10-8-11(9(2)7-12(10)18-3)13(20)19-5-6-21-14(15,16)17/h3-10,13H,2,11-12H2,1H3;4,7-8H,5-6H2,1-3H3,(H,19,20)/b;10-4-,18-12?. The van der Waals surface area contributed by atoms with E-state index in [0.29, 0.717) is 28.6 Å². The second kappa shape index (κ2) is 15.6. The second-order valence-corrected chi connectivity index (χ2v) is 11.0. The van der Waals surface area contributed by atoms with Crippen molar-refractivity contribution in [1.29, 1.82) is 0 Å². The van der Waals surface area contributed by atoms with E-state index in [9.17, 15) is 27.2 Å². The summed E-state index contributed by atoms with van der Waals surface area (Å²) in [5.41, 5.74) is -0.817. The van der Waals surface area contributed by atoms with Gasteiger partial charge in [0.05, 0.1) is 5.71 Å². The van der Waals surface area contributed by atoms with Crippen molar-refractivity contribution in [1.82, 2.24) is 10.2 Å². The maximum atomic E-state index is 12.8. The first-order valence-electron chi connectivity index (χ1n) is 13.8. The molecule has 0 aromatic heterocycles. The summed E-state index contributed by atoms with van der Waals surface area (Å²) < 4.78 is 54.4. The maximum absolute atomic E-state index is 12.8. The summed E-state index contributed by atoms with van der Waals surface area (Å²) in [7, 11) is 1.66. The minimum atomic E-state index is -4.27. The highest BCUT2D eigenvalue weighted by atomic mass is 32.2. The molecule has 6 nitrogen and oxygen atoms in total. The summed E-state index contributed by atoms with van der Waals surface area (Å²) in [5, 5.41) is 2.50. The molecule has 0 atom stereocenters. The number of nitrogens with zero attached hydrogens (tertiary/aromatic N) is 2. The molecule has 0 saturated carbocycles. The Balaban J connectivity index is 0.000000236. The third-order valence-electron chi connectivity index (χ3n) is 6.80. The van der Waals surface area contributed by atoms with E-state index in [4.69, 9.17) is 4.74 Å². The molecule has 1 aliphatic carbocycles. The van der Waals surface area contributed by atoms with Crippen molar-refractivity contribution in [3.05, 3.63) is 94.9 Å². The molecule has 0 radical (unpaired) electrons. The number of carbonyl (C=O) groups is 2. The lowest BCUT2D eigenvalue weighted by atomic mass is 9.93. The number of likely N-dealkylation sites (tertiary alicyclic amines) is 1. The van der Waals surface area contributed by atoms with Crippen molar-refractivity contribution in [2.45, 2.75) is 32.7 Å². The molecule has 43 heavy (non-hydrogen) atoms. The average molecular weight is 618 g/mol. The van der Waals surface area contributed by atoms with Gasteiger partial charge in [-0.25, -0.2) is 4.39 Å². The number of rotatable bonds is 8. The molecule has 2 aromatic rings. The van der Waals surface area contributed by atoms with Crippen molar-refractivity contribution in [2.24, 2.45) is 10.9 Å². The number of nitrogens with one attached hydrogen (secondary N) is 1. The summed E-state index contributed by atoms with van der Waals surface area (Å²) >= 11 is -0.147. The van der Waals surface area contributed by atoms with Gasteiger partial charge in [0.15, 0.2) is 0 Å². The van der Waals surface area contributed by atoms with E-state index in [1.54, 1.807) is 62.5 Å². The number of ether oxygens (including phenoxy) is 1. The van der Waals surface area contributed by atoms with Crippen LogP contribution in [-0.2, 0) is 4.79 Å². The molecular formula is C32H35F4N3O3S. The van der Waals surface area contributed by atoms with Gasteiger partial charge >= 0.3 is 5.51 Å². The minimum absolute atomic E-state index is 0.0342. The molecule has 1 heterocycles. The van der Waals surface area contributed by atoms with Gasteiger partial charge in [0.1, 0.15) is 17.3 Å². The molecule has 11 heteroatoms. The lowest BCUT2D eigenvalue weighted by Gasteiger charge is -2.38. The van der Waals surface area contributed by atoms with Crippen molar-refractivity contribution < 1.29 is 31.9 Å². The Hall–Kier alpha value is -3.86. The first-order valence-corrected chi connectivity index (χ1v) is 14.8. The molecule has 0 bridgehead atoms. The number of allylic oxidation sites excluding steroid dienone is 4. The number of alkyl halides is 3. The molecule has 2 aromatic carbocycles. The summed E-state index contributed by atoms with van der Waals surface area (Å²) in [5.74, 6) is 1.02. The van der Waals surface area contributed by atoms with Gasteiger partial charge in [-0.15, -0.1) is 0 Å². The zero-order chi connectivity index (χ0) is 31.6. The zero-order valence-corrected chi connectivity index (χ0v) is 25.3. The third kappa shape index (κ3) is 10.1. The number of halogens is 4. The van der Waals surface area contributed by atoms with Gasteiger partial charge in [0.2, 0.25) is 0 Å². The number of carbonyl (C=O) groups excluding carboxylic acids is 2. The summed E-state index contributed by atoms with van der Waals surface area (Å²) in [6.45, 7) is 7.42. The van der Waals surface area contributed by atoms with Crippen LogP contribution in [0.15, 0.2) is 88.5 Å². The van der Waals surface area contributed by atoms with E-state index in [1.807, 2.05) is 17.9 Å². The van der Waals surface area contributed by atoms with Crippen LogP contribution in [0.3, 0.4) is 0 Å². The largest absolute Gasteiger partial charge is 0.457 e. The fraction of sp³-hybridized carbons (Fsp3) is 0.344. The number of benzene rings is 2. The van der Waals surface area contributed by atoms with E-state index in [0.717, 1.165) is 36.4 Å². The molecule has 2 aliphatic rings. The van der Waals surface area contributed by atoms with Gasteiger partial charge in [0, 0.05) is 43.6 Å². The van der Waals surface area contributed by atoms with Crippen LogP contribution in [0.2, 0.25) is 0 Å². The molecule has 1 aliphatic heterocycles. The molecule has 0 spiro atoms. The van der Waals surface area contributed by atoms with Gasteiger partial charge in [0.25, 0.3) is 11.8 Å². The Morgan fingerprint density at radius 1 is 1.07 bits per heavy atom. The highest BCUT2D eigenvalue weighted by Gasteiger charge is 2.30. The molecule has 2 amide bonds. The number of thioether (sulfide) groups is 1. The van der Waals surface area contributed by atoms with Crippen LogP contribution in [0.5, 0.6) is 11.5 Å². The van der Waals surface area contributed by atoms with Crippen LogP contribution in [0.4, 0.5) is 17.6 Å². The number of aliphatic imine (C=N–C) groups is 1. The Kier molecular flexibility index (Phi) is 12.2. The topological polar surface area (TPSA) is 71.0 Å². The molecule has 230 valence electrons. The summed E-state index contributed by atoms with van der Waals surface area (Å²) in [6.07, 6.45) is 6.44. The Labute approximate surface area is 253 Å². The van der Waals surface area contributed by atoms with E-state index in [2.05, 4.69) is 17.2 Å². The Bertz CT molecular complexity index is 1390. The SMILES string of the molecule is C/C=C1/C=C(C(=O)NCCSC(F)(F)F)C(C)=CC1=NC.CCC1CN(C(=O)c2ccc(Oc3ccc(F)cc3)cc2)C1. The normalized spacial score (nSPS) is 17.0. The third-order valence-corrected chi connectivity index (χ3v) is 7.53. The predicted octanol–water partition coefficient (Wildman–Crippen LogP) is 7.36. The average Bonchev–Trinajstić information content (AvgIpc) is 2.96. The molecular weight excluding hydrogens is 582 g/mol. The molecule has 4 rings (SSSR count). The van der Waals surface area contributed by atoms with E-state index >= 15 is 0 Å². The van der Waals surface area contributed by atoms with Crippen molar-refractivity contribution in [3.63, 3.8) is 0 Å². The van der Waals surface area contributed by atoms with Crippen LogP contribution < -0.4 is 10.1 Å². The molecule has 0 unspecified atom stereocenters. The van der Waals surface area contributed by atoms with Crippen LogP contribution >= 0.6 is 11.8 Å². The first kappa shape index (κ1) is 33.6. The number of hydrogen-bond acceptors (Lipinski definition) is 5. The highest BCUT2D eigenvalue weighted by molar-refractivity contribution is 8.00. The second-order valence-electron chi connectivity index (χ2n) is 9.85. The Morgan fingerprint density at radius 3 is 2.21 bits per heavy atom.